The van der Waals surface area contributed by atoms with E-state index in [0.29, 0.717) is 48.1 Å². The molecule has 0 spiro atoms. The SMILES string of the molecule is CC(C)COc1ccc(C(=O)Nc2cccc(NC(=O)CCc3ccccc3)c2)cc1Br. The van der Waals surface area contributed by atoms with Crippen molar-refractivity contribution >= 4 is 39.1 Å². The number of anilines is 2. The highest BCUT2D eigenvalue weighted by molar-refractivity contribution is 9.10. The zero-order chi connectivity index (χ0) is 22.9. The molecule has 2 N–H and O–H groups in total. The molecule has 0 atom stereocenters. The number of ether oxygens (including phenoxy) is 1. The fraction of sp³-hybridized carbons (Fsp3) is 0.231. The van der Waals surface area contributed by atoms with Crippen molar-refractivity contribution in [1.29, 1.82) is 0 Å². The summed E-state index contributed by atoms with van der Waals surface area (Å²) in [5.74, 6) is 0.804. The third-order valence-corrected chi connectivity index (χ3v) is 5.27. The van der Waals surface area contributed by atoms with E-state index in [1.807, 2.05) is 30.3 Å². The van der Waals surface area contributed by atoms with Crippen LogP contribution in [0.2, 0.25) is 0 Å². The Labute approximate surface area is 197 Å². The van der Waals surface area contributed by atoms with Crippen LogP contribution in [0.1, 0.15) is 36.2 Å². The molecule has 0 radical (unpaired) electrons. The van der Waals surface area contributed by atoms with Gasteiger partial charge in [0.05, 0.1) is 11.1 Å². The monoisotopic (exact) mass is 494 g/mol. The van der Waals surface area contributed by atoms with Crippen LogP contribution in [0.3, 0.4) is 0 Å². The number of amides is 2. The molecule has 3 aromatic rings. The first-order valence-corrected chi connectivity index (χ1v) is 11.4. The van der Waals surface area contributed by atoms with Crippen LogP contribution >= 0.6 is 15.9 Å². The predicted molar refractivity (Wildman–Crippen MR) is 132 cm³/mol. The van der Waals surface area contributed by atoms with Gasteiger partial charge >= 0.3 is 0 Å². The van der Waals surface area contributed by atoms with Gasteiger partial charge in [0, 0.05) is 23.4 Å². The maximum atomic E-state index is 12.7. The highest BCUT2D eigenvalue weighted by Crippen LogP contribution is 2.27. The quantitative estimate of drug-likeness (QED) is 0.366. The van der Waals surface area contributed by atoms with Gasteiger partial charge in [-0.25, -0.2) is 0 Å². The van der Waals surface area contributed by atoms with Crippen molar-refractivity contribution in [2.75, 3.05) is 17.2 Å². The van der Waals surface area contributed by atoms with Crippen molar-refractivity contribution in [2.24, 2.45) is 5.92 Å². The maximum absolute atomic E-state index is 12.7. The Morgan fingerprint density at radius 1 is 0.906 bits per heavy atom. The van der Waals surface area contributed by atoms with Gasteiger partial charge in [-0.15, -0.1) is 0 Å². The third-order valence-electron chi connectivity index (χ3n) is 4.65. The zero-order valence-electron chi connectivity index (χ0n) is 18.2. The van der Waals surface area contributed by atoms with Gasteiger partial charge in [0.2, 0.25) is 5.91 Å². The van der Waals surface area contributed by atoms with Crippen molar-refractivity contribution in [3.63, 3.8) is 0 Å². The summed E-state index contributed by atoms with van der Waals surface area (Å²) in [6.45, 7) is 4.76. The van der Waals surface area contributed by atoms with E-state index in [1.165, 1.54) is 0 Å². The molecule has 0 fully saturated rings. The van der Waals surface area contributed by atoms with E-state index in [1.54, 1.807) is 42.5 Å². The Bertz CT molecular complexity index is 1070. The van der Waals surface area contributed by atoms with Gasteiger partial charge in [-0.2, -0.15) is 0 Å². The minimum absolute atomic E-state index is 0.0711. The molecule has 0 aliphatic rings. The zero-order valence-corrected chi connectivity index (χ0v) is 19.8. The molecule has 0 aromatic heterocycles. The number of benzene rings is 3. The van der Waals surface area contributed by atoms with Gasteiger partial charge < -0.3 is 15.4 Å². The van der Waals surface area contributed by atoms with Crippen LogP contribution in [-0.2, 0) is 11.2 Å². The van der Waals surface area contributed by atoms with Gasteiger partial charge in [0.1, 0.15) is 5.75 Å². The van der Waals surface area contributed by atoms with Gasteiger partial charge in [-0.1, -0.05) is 50.2 Å². The summed E-state index contributed by atoms with van der Waals surface area (Å²) in [5.41, 5.74) is 2.87. The summed E-state index contributed by atoms with van der Waals surface area (Å²) >= 11 is 3.47. The summed E-state index contributed by atoms with van der Waals surface area (Å²) in [4.78, 5) is 25.0. The number of hydrogen-bond donors (Lipinski definition) is 2. The Morgan fingerprint density at radius 3 is 2.31 bits per heavy atom. The average molecular weight is 495 g/mol. The lowest BCUT2D eigenvalue weighted by Crippen LogP contribution is -2.14. The van der Waals surface area contributed by atoms with Crippen LogP contribution in [-0.4, -0.2) is 18.4 Å². The lowest BCUT2D eigenvalue weighted by molar-refractivity contribution is -0.116. The fourth-order valence-corrected chi connectivity index (χ4v) is 3.51. The topological polar surface area (TPSA) is 67.4 Å². The van der Waals surface area contributed by atoms with Crippen molar-refractivity contribution < 1.29 is 14.3 Å². The van der Waals surface area contributed by atoms with E-state index < -0.39 is 0 Å². The molecule has 6 heteroatoms. The molecular weight excluding hydrogens is 468 g/mol. The molecular formula is C26H27BrN2O3. The van der Waals surface area contributed by atoms with Crippen molar-refractivity contribution in [2.45, 2.75) is 26.7 Å². The van der Waals surface area contributed by atoms with Crippen molar-refractivity contribution in [3.8, 4) is 5.75 Å². The van der Waals surface area contributed by atoms with Gasteiger partial charge in [-0.3, -0.25) is 9.59 Å². The minimum Gasteiger partial charge on any atom is -0.492 e. The van der Waals surface area contributed by atoms with E-state index >= 15 is 0 Å². The molecule has 32 heavy (non-hydrogen) atoms. The average Bonchev–Trinajstić information content (AvgIpc) is 2.77. The number of halogens is 1. The highest BCUT2D eigenvalue weighted by Gasteiger charge is 2.11. The van der Waals surface area contributed by atoms with Crippen LogP contribution in [0, 0.1) is 5.92 Å². The van der Waals surface area contributed by atoms with E-state index in [9.17, 15) is 9.59 Å². The van der Waals surface area contributed by atoms with Crippen molar-refractivity contribution in [1.82, 2.24) is 0 Å². The number of hydrogen-bond acceptors (Lipinski definition) is 3. The van der Waals surface area contributed by atoms with Crippen LogP contribution in [0.4, 0.5) is 11.4 Å². The Hall–Kier alpha value is -3.12. The normalized spacial score (nSPS) is 10.6. The summed E-state index contributed by atoms with van der Waals surface area (Å²) in [6.07, 6.45) is 1.06. The summed E-state index contributed by atoms with van der Waals surface area (Å²) in [7, 11) is 0. The van der Waals surface area contributed by atoms with E-state index in [0.717, 1.165) is 10.0 Å². The Morgan fingerprint density at radius 2 is 1.62 bits per heavy atom. The first kappa shape index (κ1) is 23.5. The second-order valence-corrected chi connectivity index (χ2v) is 8.77. The molecule has 0 aliphatic heterocycles. The largest absolute Gasteiger partial charge is 0.492 e. The molecule has 3 rings (SSSR count). The summed E-state index contributed by atoms with van der Waals surface area (Å²) in [6, 6.07) is 22.3. The number of carbonyl (C=O) groups excluding carboxylic acids is 2. The number of aryl methyl sites for hydroxylation is 1. The lowest BCUT2D eigenvalue weighted by Gasteiger charge is -2.12. The molecule has 2 amide bonds. The maximum Gasteiger partial charge on any atom is 0.255 e. The van der Waals surface area contributed by atoms with Gasteiger partial charge in [0.15, 0.2) is 0 Å². The van der Waals surface area contributed by atoms with Gasteiger partial charge in [0.25, 0.3) is 5.91 Å². The first-order valence-electron chi connectivity index (χ1n) is 10.6. The molecule has 5 nitrogen and oxygen atoms in total. The second-order valence-electron chi connectivity index (χ2n) is 7.92. The molecule has 0 saturated heterocycles. The number of rotatable bonds is 9. The fourth-order valence-electron chi connectivity index (χ4n) is 3.02. The van der Waals surface area contributed by atoms with E-state index in [-0.39, 0.29) is 11.8 Å². The molecule has 3 aromatic carbocycles. The van der Waals surface area contributed by atoms with Crippen LogP contribution in [0.5, 0.6) is 5.75 Å². The molecule has 0 aliphatic carbocycles. The minimum atomic E-state index is -0.242. The summed E-state index contributed by atoms with van der Waals surface area (Å²) < 4.78 is 6.46. The predicted octanol–water partition coefficient (Wildman–Crippen LogP) is 6.31. The van der Waals surface area contributed by atoms with Crippen LogP contribution < -0.4 is 15.4 Å². The Balaban J connectivity index is 1.57. The van der Waals surface area contributed by atoms with Crippen molar-refractivity contribution in [3.05, 3.63) is 88.4 Å². The number of nitrogens with one attached hydrogen (secondary N) is 2. The highest BCUT2D eigenvalue weighted by atomic mass is 79.9. The Kier molecular flexibility index (Phi) is 8.45. The first-order chi connectivity index (χ1) is 15.4. The molecule has 0 heterocycles. The smallest absolute Gasteiger partial charge is 0.255 e. The molecule has 0 saturated carbocycles. The van der Waals surface area contributed by atoms with Crippen LogP contribution in [0.15, 0.2) is 77.3 Å². The standard InChI is InChI=1S/C26H27BrN2O3/c1-18(2)17-32-24-13-12-20(15-23(24)27)26(31)29-22-10-6-9-21(16-22)28-25(30)14-11-19-7-4-3-5-8-19/h3-10,12-13,15-16,18H,11,14,17H2,1-2H3,(H,28,30)(H,29,31). The molecule has 0 unspecified atom stereocenters. The third kappa shape index (κ3) is 7.24. The lowest BCUT2D eigenvalue weighted by atomic mass is 10.1. The molecule has 0 bridgehead atoms. The second kappa shape index (κ2) is 11.5. The number of carbonyl (C=O) groups is 2. The van der Waals surface area contributed by atoms with E-state index in [2.05, 4.69) is 40.4 Å². The van der Waals surface area contributed by atoms with Gasteiger partial charge in [-0.05, 0) is 70.2 Å². The van der Waals surface area contributed by atoms with Crippen LogP contribution in [0.25, 0.3) is 0 Å². The molecule has 166 valence electrons. The summed E-state index contributed by atoms with van der Waals surface area (Å²) in [5, 5.41) is 5.77. The van der Waals surface area contributed by atoms with E-state index in [4.69, 9.17) is 4.74 Å².